The summed E-state index contributed by atoms with van der Waals surface area (Å²) in [5.41, 5.74) is 9.93. The zero-order chi connectivity index (χ0) is 23.2. The summed E-state index contributed by atoms with van der Waals surface area (Å²) >= 11 is 0. The molecule has 0 aliphatic carbocycles. The predicted octanol–water partition coefficient (Wildman–Crippen LogP) is 4.43. The molecule has 3 nitrogen and oxygen atoms in total. The molecule has 1 radical (unpaired) electrons. The summed E-state index contributed by atoms with van der Waals surface area (Å²) in [6.45, 7) is 8.85. The number of hydrogen-bond donors (Lipinski definition) is 0. The van der Waals surface area contributed by atoms with Gasteiger partial charge in [-0.15, -0.1) is 6.67 Å². The van der Waals surface area contributed by atoms with Crippen LogP contribution in [0.1, 0.15) is 45.5 Å². The second kappa shape index (κ2) is 10.5. The minimum absolute atomic E-state index is 0. The van der Waals surface area contributed by atoms with Crippen LogP contribution in [0.2, 0.25) is 0 Å². The van der Waals surface area contributed by atoms with Crippen molar-refractivity contribution < 1.29 is 29.5 Å². The summed E-state index contributed by atoms with van der Waals surface area (Å²) < 4.78 is 0. The van der Waals surface area contributed by atoms with Crippen molar-refractivity contribution in [2.45, 2.75) is 32.9 Å². The molecule has 2 aliphatic rings. The SMILES string of the molecule is Cc1cc(C)c(N2[CH-]N3C(=N[C@@H](c4ccccc4)[C@@H]3c3ccccc3)c3ccccc32)c(C)c1.[Cl-].[Cu+2]. The molecule has 0 saturated heterocycles. The Kier molecular flexibility index (Phi) is 7.61. The maximum absolute atomic E-state index is 5.35. The zero-order valence-electron chi connectivity index (χ0n) is 20.5. The first-order chi connectivity index (χ1) is 16.6. The van der Waals surface area contributed by atoms with Crippen molar-refractivity contribution in [1.29, 1.82) is 0 Å². The van der Waals surface area contributed by atoms with E-state index >= 15 is 0 Å². The fourth-order valence-electron chi connectivity index (χ4n) is 5.58. The van der Waals surface area contributed by atoms with Crippen LogP contribution in [0.25, 0.3) is 0 Å². The van der Waals surface area contributed by atoms with Crippen LogP contribution in [0, 0.1) is 27.4 Å². The number of halogens is 1. The standard InChI is InChI=1S/C31H28N3.ClH.Cu/c1-21-18-22(2)29(23(3)19-21)33-20-34-30(25-14-8-5-9-15-25)28(24-12-6-4-7-13-24)32-31(34)26-16-10-11-17-27(26)33;;/h4-20,28,30H,1-3H3;1H;/q-1;;+2/p-1/t28-,30-;;/m0../s1. The number of anilines is 2. The van der Waals surface area contributed by atoms with Crippen LogP contribution in [0.3, 0.4) is 0 Å². The van der Waals surface area contributed by atoms with Gasteiger partial charge in [0.1, 0.15) is 5.84 Å². The molecule has 2 atom stereocenters. The molecule has 0 fully saturated rings. The number of aliphatic imine (C=N–C) groups is 1. The van der Waals surface area contributed by atoms with Crippen LogP contribution >= 0.6 is 0 Å². The molecule has 0 unspecified atom stereocenters. The van der Waals surface area contributed by atoms with E-state index in [9.17, 15) is 0 Å². The van der Waals surface area contributed by atoms with Gasteiger partial charge in [-0.1, -0.05) is 90.5 Å². The van der Waals surface area contributed by atoms with Gasteiger partial charge in [0.2, 0.25) is 0 Å². The second-order valence-electron chi connectivity index (χ2n) is 9.32. The fraction of sp³-hybridized carbons (Fsp3) is 0.161. The maximum Gasteiger partial charge on any atom is 2.00 e. The Morgan fingerprint density at radius 2 is 1.28 bits per heavy atom. The molecule has 4 aromatic rings. The maximum atomic E-state index is 5.35. The molecule has 2 aliphatic heterocycles. The molecule has 6 rings (SSSR count). The second-order valence-corrected chi connectivity index (χ2v) is 9.32. The number of benzene rings is 4. The van der Waals surface area contributed by atoms with Gasteiger partial charge in [-0.25, -0.2) is 0 Å². The van der Waals surface area contributed by atoms with Crippen molar-refractivity contribution in [2.75, 3.05) is 4.90 Å². The molecule has 0 amide bonds. The van der Waals surface area contributed by atoms with Crippen molar-refractivity contribution in [3.63, 3.8) is 0 Å². The molecule has 0 saturated carbocycles. The Balaban J connectivity index is 0.00000152. The minimum Gasteiger partial charge on any atom is -1.00 e. The van der Waals surface area contributed by atoms with Gasteiger partial charge in [0.05, 0.1) is 12.1 Å². The number of hydrogen-bond acceptors (Lipinski definition) is 3. The molecule has 0 aromatic heterocycles. The van der Waals surface area contributed by atoms with Gasteiger partial charge >= 0.3 is 17.1 Å². The molecule has 4 aromatic carbocycles. The summed E-state index contributed by atoms with van der Waals surface area (Å²) in [5, 5.41) is 0. The Morgan fingerprint density at radius 1 is 0.722 bits per heavy atom. The van der Waals surface area contributed by atoms with E-state index in [1.54, 1.807) is 0 Å². The van der Waals surface area contributed by atoms with Gasteiger partial charge in [-0.05, 0) is 55.2 Å². The third-order valence-corrected chi connectivity index (χ3v) is 6.91. The van der Waals surface area contributed by atoms with Crippen molar-refractivity contribution in [3.8, 4) is 0 Å². The molecule has 2 heterocycles. The third kappa shape index (κ3) is 4.35. The number of aryl methyl sites for hydroxylation is 3. The largest absolute Gasteiger partial charge is 2.00 e. The molecule has 0 N–H and O–H groups in total. The Morgan fingerprint density at radius 3 is 1.92 bits per heavy atom. The van der Waals surface area contributed by atoms with E-state index < -0.39 is 0 Å². The number of fused-ring (bicyclic) bond motifs is 3. The van der Waals surface area contributed by atoms with Crippen LogP contribution in [0.5, 0.6) is 0 Å². The number of amidine groups is 1. The molecule has 0 spiro atoms. The van der Waals surface area contributed by atoms with Crippen LogP contribution in [0.15, 0.2) is 102 Å². The van der Waals surface area contributed by atoms with Crippen LogP contribution in [0.4, 0.5) is 11.4 Å². The first-order valence-electron chi connectivity index (χ1n) is 11.9. The first-order valence-corrected chi connectivity index (χ1v) is 11.9. The summed E-state index contributed by atoms with van der Waals surface area (Å²) in [6.07, 6.45) is 0. The third-order valence-electron chi connectivity index (χ3n) is 6.91. The fourth-order valence-corrected chi connectivity index (χ4v) is 5.58. The van der Waals surface area contributed by atoms with E-state index in [0.29, 0.717) is 0 Å². The van der Waals surface area contributed by atoms with E-state index in [1.165, 1.54) is 44.8 Å². The normalized spacial score (nSPS) is 17.9. The van der Waals surface area contributed by atoms with Crippen molar-refractivity contribution in [3.05, 3.63) is 137 Å². The molecule has 0 bridgehead atoms. The van der Waals surface area contributed by atoms with Crippen molar-refractivity contribution >= 4 is 17.2 Å². The monoisotopic (exact) mass is 540 g/mol. The zero-order valence-corrected chi connectivity index (χ0v) is 22.2. The van der Waals surface area contributed by atoms with E-state index in [0.717, 1.165) is 5.84 Å². The summed E-state index contributed by atoms with van der Waals surface area (Å²) in [7, 11) is 0. The molecule has 185 valence electrons. The molecule has 5 heteroatoms. The summed E-state index contributed by atoms with van der Waals surface area (Å²) in [6, 6.07) is 34.7. The Bertz CT molecular complexity index is 1360. The van der Waals surface area contributed by atoms with Gasteiger partial charge in [-0.3, -0.25) is 4.99 Å². The van der Waals surface area contributed by atoms with Crippen LogP contribution in [-0.4, -0.2) is 10.7 Å². The minimum atomic E-state index is 0. The topological polar surface area (TPSA) is 18.8 Å². The van der Waals surface area contributed by atoms with Crippen LogP contribution < -0.4 is 17.3 Å². The Hall–Kier alpha value is -3.04. The average Bonchev–Trinajstić information content (AvgIpc) is 3.24. The molecular formula is C31H28ClCuN3. The molecular weight excluding hydrogens is 513 g/mol. The summed E-state index contributed by atoms with van der Waals surface area (Å²) in [4.78, 5) is 10.1. The van der Waals surface area contributed by atoms with E-state index in [1.807, 2.05) is 0 Å². The van der Waals surface area contributed by atoms with E-state index in [-0.39, 0.29) is 41.6 Å². The van der Waals surface area contributed by atoms with Gasteiger partial charge in [0, 0.05) is 16.9 Å². The first kappa shape index (κ1) is 26.0. The van der Waals surface area contributed by atoms with E-state index in [4.69, 9.17) is 4.99 Å². The summed E-state index contributed by atoms with van der Waals surface area (Å²) in [5.74, 6) is 1.04. The Labute approximate surface area is 230 Å². The number of nitrogens with zero attached hydrogens (tertiary/aromatic N) is 3. The van der Waals surface area contributed by atoms with Gasteiger partial charge in [0.15, 0.2) is 0 Å². The van der Waals surface area contributed by atoms with Crippen LogP contribution in [-0.2, 0) is 17.1 Å². The van der Waals surface area contributed by atoms with E-state index in [2.05, 4.69) is 134 Å². The smallest absolute Gasteiger partial charge is 1.00 e. The number of para-hydroxylation sites is 1. The van der Waals surface area contributed by atoms with Crippen molar-refractivity contribution in [2.24, 2.45) is 4.99 Å². The van der Waals surface area contributed by atoms with Gasteiger partial charge in [-0.2, -0.15) is 0 Å². The van der Waals surface area contributed by atoms with Crippen molar-refractivity contribution in [1.82, 2.24) is 4.90 Å². The average molecular weight is 542 g/mol. The van der Waals surface area contributed by atoms with Gasteiger partial charge < -0.3 is 22.2 Å². The number of rotatable bonds is 3. The predicted molar refractivity (Wildman–Crippen MR) is 140 cm³/mol. The molecule has 36 heavy (non-hydrogen) atoms. The quantitative estimate of drug-likeness (QED) is 0.283. The van der Waals surface area contributed by atoms with Gasteiger partial charge in [0.25, 0.3) is 0 Å².